The number of aromatic nitrogens is 2. The summed E-state index contributed by atoms with van der Waals surface area (Å²) in [6, 6.07) is 0. The van der Waals surface area contributed by atoms with E-state index in [9.17, 15) is 0 Å². The first-order valence-corrected chi connectivity index (χ1v) is 6.37. The lowest BCUT2D eigenvalue weighted by atomic mass is 10.1. The average Bonchev–Trinajstić information content (AvgIpc) is 2.71. The zero-order valence-corrected chi connectivity index (χ0v) is 15.2. The van der Waals surface area contributed by atoms with E-state index in [1.54, 1.807) is 7.05 Å². The Labute approximate surface area is 138 Å². The minimum absolute atomic E-state index is 0. The van der Waals surface area contributed by atoms with Gasteiger partial charge in [0, 0.05) is 39.4 Å². The van der Waals surface area contributed by atoms with Crippen LogP contribution in [0.3, 0.4) is 0 Å². The lowest BCUT2D eigenvalue weighted by molar-refractivity contribution is 0.477. The fourth-order valence-corrected chi connectivity index (χ4v) is 2.01. The van der Waals surface area contributed by atoms with Gasteiger partial charge < -0.3 is 10.2 Å². The molecule has 112 valence electrons. The molecule has 0 spiro atoms. The summed E-state index contributed by atoms with van der Waals surface area (Å²) in [7, 11) is 5.69. The van der Waals surface area contributed by atoms with Gasteiger partial charge in [-0.3, -0.25) is 9.67 Å². The molecule has 0 radical (unpaired) electrons. The number of nitrogens with one attached hydrogen (secondary N) is 1. The Hall–Kier alpha value is -1.23. The Bertz CT molecular complexity index is 484. The molecular weight excluding hydrogens is 365 g/mol. The zero-order valence-electron chi connectivity index (χ0n) is 12.8. The van der Waals surface area contributed by atoms with Gasteiger partial charge in [0.05, 0.1) is 12.2 Å². The maximum Gasteiger partial charge on any atom is 0.194 e. The molecule has 0 saturated carbocycles. The molecule has 0 aromatic carbocycles. The molecule has 1 aromatic rings. The number of nitrogens with zero attached hydrogens (tertiary/aromatic N) is 4. The van der Waals surface area contributed by atoms with Crippen LogP contribution in [0, 0.1) is 12.3 Å². The number of guanidine groups is 1. The molecule has 0 amide bonds. The van der Waals surface area contributed by atoms with E-state index in [0.717, 1.165) is 18.2 Å². The smallest absolute Gasteiger partial charge is 0.194 e. The van der Waals surface area contributed by atoms with Gasteiger partial charge in [0.25, 0.3) is 0 Å². The van der Waals surface area contributed by atoms with Crippen LogP contribution in [0.15, 0.2) is 11.2 Å². The maximum atomic E-state index is 5.25. The van der Waals surface area contributed by atoms with Crippen molar-refractivity contribution < 1.29 is 0 Å². The Balaban J connectivity index is 0.00000361. The van der Waals surface area contributed by atoms with Gasteiger partial charge in [0.1, 0.15) is 0 Å². The first-order valence-electron chi connectivity index (χ1n) is 6.37. The summed E-state index contributed by atoms with van der Waals surface area (Å²) >= 11 is 0. The van der Waals surface area contributed by atoms with Gasteiger partial charge in [-0.1, -0.05) is 19.8 Å². The third-order valence-electron chi connectivity index (χ3n) is 2.81. The molecule has 0 bridgehead atoms. The van der Waals surface area contributed by atoms with E-state index in [1.807, 2.05) is 23.7 Å². The molecule has 0 aliphatic heterocycles. The molecule has 0 aliphatic rings. The largest absolute Gasteiger partial charge is 0.345 e. The van der Waals surface area contributed by atoms with E-state index in [-0.39, 0.29) is 24.0 Å². The Morgan fingerprint density at radius 1 is 1.60 bits per heavy atom. The van der Waals surface area contributed by atoms with Gasteiger partial charge in [-0.05, 0) is 5.92 Å². The third-order valence-corrected chi connectivity index (χ3v) is 2.81. The fraction of sp³-hybridized carbons (Fsp3) is 0.571. The Morgan fingerprint density at radius 2 is 2.25 bits per heavy atom. The molecule has 0 aliphatic carbocycles. The SMILES string of the molecule is C#CCNC(=NC)N(C)Cc1cn(C)nc1C(C)C.I. The number of terminal acetylenes is 1. The summed E-state index contributed by atoms with van der Waals surface area (Å²) in [4.78, 5) is 6.25. The zero-order chi connectivity index (χ0) is 14.4. The van der Waals surface area contributed by atoms with Gasteiger partial charge in [0.2, 0.25) is 0 Å². The number of hydrogen-bond donors (Lipinski definition) is 1. The standard InChI is InChI=1S/C14H23N5.HI/c1-7-8-16-14(15-4)18(5)9-12-10-19(6)17-13(12)11(2)3;/h1,10-11H,8-9H2,2-6H3,(H,15,16);1H. The van der Waals surface area contributed by atoms with E-state index >= 15 is 0 Å². The van der Waals surface area contributed by atoms with Gasteiger partial charge in [-0.2, -0.15) is 5.10 Å². The number of halogens is 1. The quantitative estimate of drug-likeness (QED) is 0.370. The van der Waals surface area contributed by atoms with Crippen molar-refractivity contribution in [2.75, 3.05) is 20.6 Å². The first-order chi connectivity index (χ1) is 8.99. The van der Waals surface area contributed by atoms with E-state index in [4.69, 9.17) is 6.42 Å². The molecule has 1 rings (SSSR count). The van der Waals surface area contributed by atoms with E-state index in [1.165, 1.54) is 5.56 Å². The van der Waals surface area contributed by atoms with Crippen LogP contribution < -0.4 is 5.32 Å². The van der Waals surface area contributed by atoms with E-state index in [0.29, 0.717) is 12.5 Å². The van der Waals surface area contributed by atoms with Crippen molar-refractivity contribution >= 4 is 29.9 Å². The van der Waals surface area contributed by atoms with Gasteiger partial charge in [0.15, 0.2) is 5.96 Å². The molecule has 20 heavy (non-hydrogen) atoms. The van der Waals surface area contributed by atoms with Gasteiger partial charge >= 0.3 is 0 Å². The van der Waals surface area contributed by atoms with Crippen molar-refractivity contribution in [3.8, 4) is 12.3 Å². The predicted molar refractivity (Wildman–Crippen MR) is 94.4 cm³/mol. The van der Waals surface area contributed by atoms with Crippen molar-refractivity contribution in [1.29, 1.82) is 0 Å². The third kappa shape index (κ3) is 5.04. The highest BCUT2D eigenvalue weighted by Crippen LogP contribution is 2.18. The molecule has 0 atom stereocenters. The molecule has 5 nitrogen and oxygen atoms in total. The van der Waals surface area contributed by atoms with Crippen molar-refractivity contribution in [2.45, 2.75) is 26.3 Å². The summed E-state index contributed by atoms with van der Waals surface area (Å²) in [5.74, 6) is 3.75. The second-order valence-electron chi connectivity index (χ2n) is 4.83. The monoisotopic (exact) mass is 389 g/mol. The van der Waals surface area contributed by atoms with Crippen LogP contribution in [0.25, 0.3) is 0 Å². The fourth-order valence-electron chi connectivity index (χ4n) is 2.01. The topological polar surface area (TPSA) is 45.5 Å². The number of aryl methyl sites for hydroxylation is 1. The van der Waals surface area contributed by atoms with Crippen molar-refractivity contribution in [2.24, 2.45) is 12.0 Å². The molecule has 6 heteroatoms. The molecule has 1 heterocycles. The highest BCUT2D eigenvalue weighted by molar-refractivity contribution is 14.0. The van der Waals surface area contributed by atoms with Crippen molar-refractivity contribution in [3.63, 3.8) is 0 Å². The highest BCUT2D eigenvalue weighted by Gasteiger charge is 2.14. The van der Waals surface area contributed by atoms with Crippen LogP contribution in [0.4, 0.5) is 0 Å². The minimum Gasteiger partial charge on any atom is -0.345 e. The van der Waals surface area contributed by atoms with Crippen LogP contribution >= 0.6 is 24.0 Å². The lowest BCUT2D eigenvalue weighted by Crippen LogP contribution is -2.38. The second kappa shape index (κ2) is 8.84. The highest BCUT2D eigenvalue weighted by atomic mass is 127. The molecule has 1 N–H and O–H groups in total. The van der Waals surface area contributed by atoms with Crippen LogP contribution in [-0.2, 0) is 13.6 Å². The van der Waals surface area contributed by atoms with E-state index in [2.05, 4.69) is 41.4 Å². The van der Waals surface area contributed by atoms with Crippen LogP contribution in [0.1, 0.15) is 31.0 Å². The molecule has 0 unspecified atom stereocenters. The van der Waals surface area contributed by atoms with Gasteiger partial charge in [-0.25, -0.2) is 0 Å². The number of hydrogen-bond acceptors (Lipinski definition) is 2. The predicted octanol–water partition coefficient (Wildman–Crippen LogP) is 1.80. The number of aliphatic imine (C=N–C) groups is 1. The summed E-state index contributed by atoms with van der Waals surface area (Å²) < 4.78 is 1.86. The van der Waals surface area contributed by atoms with Crippen molar-refractivity contribution in [3.05, 3.63) is 17.5 Å². The Kier molecular flexibility index (Phi) is 8.30. The maximum absolute atomic E-state index is 5.25. The van der Waals surface area contributed by atoms with E-state index < -0.39 is 0 Å². The van der Waals surface area contributed by atoms with Crippen molar-refractivity contribution in [1.82, 2.24) is 20.0 Å². The molecular formula is C14H24IN5. The molecule has 1 aromatic heterocycles. The number of rotatable bonds is 4. The average molecular weight is 389 g/mol. The Morgan fingerprint density at radius 3 is 2.75 bits per heavy atom. The summed E-state index contributed by atoms with van der Waals surface area (Å²) in [6.45, 7) is 5.53. The normalized spacial score (nSPS) is 10.9. The van der Waals surface area contributed by atoms with Crippen LogP contribution in [0.5, 0.6) is 0 Å². The molecule has 0 saturated heterocycles. The lowest BCUT2D eigenvalue weighted by Gasteiger charge is -2.21. The van der Waals surface area contributed by atoms with Gasteiger partial charge in [-0.15, -0.1) is 30.4 Å². The summed E-state index contributed by atoms with van der Waals surface area (Å²) in [6.07, 6.45) is 7.31. The summed E-state index contributed by atoms with van der Waals surface area (Å²) in [5.41, 5.74) is 2.34. The van der Waals surface area contributed by atoms with Crippen LogP contribution in [-0.4, -0.2) is 41.3 Å². The minimum atomic E-state index is 0. The molecule has 0 fully saturated rings. The summed E-state index contributed by atoms with van der Waals surface area (Å²) in [5, 5.41) is 7.62. The van der Waals surface area contributed by atoms with Crippen LogP contribution in [0.2, 0.25) is 0 Å². The second-order valence-corrected chi connectivity index (χ2v) is 4.83. The first kappa shape index (κ1) is 18.8.